The van der Waals surface area contributed by atoms with Crippen molar-refractivity contribution < 1.29 is 73.5 Å². The van der Waals surface area contributed by atoms with Gasteiger partial charge in [-0.2, -0.15) is 12.1 Å². The van der Waals surface area contributed by atoms with Gasteiger partial charge in [-0.3, -0.25) is 19.8 Å². The van der Waals surface area contributed by atoms with E-state index in [2.05, 4.69) is 30.1 Å². The average molecular weight is 581 g/mol. The summed E-state index contributed by atoms with van der Waals surface area (Å²) < 4.78 is 9.24. The molecule has 0 atom stereocenters. The molecule has 1 aromatic heterocycles. The second-order valence-corrected chi connectivity index (χ2v) is 5.85. The molecule has 1 heterocycles. The number of H-pyrrole nitrogens is 1. The first-order chi connectivity index (χ1) is 16.8. The van der Waals surface area contributed by atoms with E-state index in [9.17, 15) is 29.1 Å². The number of hydrogen-bond acceptors (Lipinski definition) is 12. The van der Waals surface area contributed by atoms with Crippen LogP contribution in [0.3, 0.4) is 0 Å². The normalized spacial score (nSPS) is 8.08. The van der Waals surface area contributed by atoms with Crippen molar-refractivity contribution in [3.63, 3.8) is 0 Å². The Morgan fingerprint density at radius 3 is 1.68 bits per heavy atom. The van der Waals surface area contributed by atoms with E-state index >= 15 is 0 Å². The van der Waals surface area contributed by atoms with Gasteiger partial charge in [0.2, 0.25) is 23.7 Å². The Kier molecular flexibility index (Phi) is 38.7. The van der Waals surface area contributed by atoms with Crippen LogP contribution < -0.4 is 56.6 Å². The predicted octanol–water partition coefficient (Wildman–Crippen LogP) is -4.69. The standard InChI is InChI=1S/C9H15NO5.C7H9N3O3.C2H6N2.CH4O.CH3O.ClH.Na/c1-4-14-8(12)7(10-6(3)11)9(13)15-5-2;1-3-8-6(12)5(7(13)9-3)10-4(2)11;1-2(3)4;2*1-2;;/h7H,4-5H2,1-3H3,(H,10,11);1-2H3,(H,10,11)(H2,8,9,12,13);1H3,(H3,3,4);2H,1H3;1H3;1H;/q;;;;-1;;+1. The van der Waals surface area contributed by atoms with Crippen LogP contribution in [-0.4, -0.2) is 83.2 Å². The number of halogens is 1. The van der Waals surface area contributed by atoms with Gasteiger partial charge in [-0.05, 0) is 27.7 Å². The molecule has 18 heteroatoms. The minimum absolute atomic E-state index is 0. The Balaban J connectivity index is -0.000000102. The summed E-state index contributed by atoms with van der Waals surface area (Å²) in [5.74, 6) is -2.59. The van der Waals surface area contributed by atoms with Crippen molar-refractivity contribution in [2.75, 3.05) is 32.8 Å². The number of aromatic amines is 1. The number of aromatic nitrogens is 2. The van der Waals surface area contributed by atoms with Gasteiger partial charge in [-0.25, -0.2) is 9.59 Å². The van der Waals surface area contributed by atoms with Crippen LogP contribution in [0.25, 0.3) is 0 Å². The molecule has 38 heavy (non-hydrogen) atoms. The molecule has 0 spiro atoms. The van der Waals surface area contributed by atoms with Crippen molar-refractivity contribution in [1.82, 2.24) is 15.3 Å². The summed E-state index contributed by atoms with van der Waals surface area (Å²) in [6, 6.07) is -1.37. The van der Waals surface area contributed by atoms with E-state index in [-0.39, 0.29) is 72.5 Å². The van der Waals surface area contributed by atoms with E-state index < -0.39 is 41.2 Å². The number of amidine groups is 1. The second-order valence-electron chi connectivity index (χ2n) is 5.85. The van der Waals surface area contributed by atoms with Gasteiger partial charge in [-0.1, -0.05) is 0 Å². The van der Waals surface area contributed by atoms with Crippen LogP contribution in [0.1, 0.15) is 40.4 Å². The summed E-state index contributed by atoms with van der Waals surface area (Å²) in [4.78, 5) is 60.9. The van der Waals surface area contributed by atoms with Crippen LogP contribution in [0.2, 0.25) is 0 Å². The number of anilines is 1. The van der Waals surface area contributed by atoms with Gasteiger partial charge in [0.1, 0.15) is 5.82 Å². The third-order valence-corrected chi connectivity index (χ3v) is 2.71. The molecule has 0 fully saturated rings. The van der Waals surface area contributed by atoms with E-state index in [0.29, 0.717) is 0 Å². The number of amides is 2. The first-order valence-corrected chi connectivity index (χ1v) is 10.1. The fraction of sp³-hybridized carbons (Fsp3) is 0.550. The Bertz CT molecular complexity index is 864. The molecule has 1 rings (SSSR count). The number of esters is 2. The average Bonchev–Trinajstić information content (AvgIpc) is 2.77. The van der Waals surface area contributed by atoms with Crippen molar-refractivity contribution >= 4 is 47.7 Å². The molecular weight excluding hydrogens is 543 g/mol. The minimum Gasteiger partial charge on any atom is -0.857 e. The predicted molar refractivity (Wildman–Crippen MR) is 135 cm³/mol. The number of aliphatic hydroxyl groups excluding tert-OH is 1. The van der Waals surface area contributed by atoms with E-state index in [1.165, 1.54) is 27.7 Å². The first-order valence-electron chi connectivity index (χ1n) is 10.1. The van der Waals surface area contributed by atoms with Gasteiger partial charge in [0, 0.05) is 21.0 Å². The second kappa shape index (κ2) is 30.5. The van der Waals surface area contributed by atoms with E-state index in [1.807, 2.05) is 0 Å². The van der Waals surface area contributed by atoms with Gasteiger partial charge in [-0.15, -0.1) is 12.4 Å². The van der Waals surface area contributed by atoms with Gasteiger partial charge in [0.05, 0.1) is 19.0 Å². The third-order valence-electron chi connectivity index (χ3n) is 2.71. The Morgan fingerprint density at radius 1 is 1.05 bits per heavy atom. The number of hydrogen-bond donors (Lipinski definition) is 7. The largest absolute Gasteiger partial charge is 1.00 e. The number of aryl methyl sites for hydroxylation is 1. The van der Waals surface area contributed by atoms with Crippen molar-refractivity contribution in [1.29, 1.82) is 5.41 Å². The van der Waals surface area contributed by atoms with Gasteiger partial charge in [0.25, 0.3) is 5.56 Å². The quantitative estimate of drug-likeness (QED) is 0.0549. The van der Waals surface area contributed by atoms with Crippen LogP contribution in [0, 0.1) is 12.3 Å². The summed E-state index contributed by atoms with van der Waals surface area (Å²) in [7, 11) is 1.75. The molecule has 0 aliphatic heterocycles. The Hall–Kier alpha value is -2.76. The first kappa shape index (κ1) is 48.3. The molecule has 0 radical (unpaired) electrons. The van der Waals surface area contributed by atoms with Crippen LogP contribution in [0.15, 0.2) is 4.79 Å². The van der Waals surface area contributed by atoms with Crippen LogP contribution in [-0.2, 0) is 28.7 Å². The topological polar surface area (TPSA) is 270 Å². The van der Waals surface area contributed by atoms with Crippen LogP contribution >= 0.6 is 12.4 Å². The number of nitrogens with zero attached hydrogens (tertiary/aromatic N) is 1. The molecule has 0 saturated carbocycles. The molecule has 2 amide bonds. The Labute approximate surface area is 249 Å². The molecule has 0 aliphatic carbocycles. The zero-order chi connectivity index (χ0) is 29.4. The molecule has 0 saturated heterocycles. The monoisotopic (exact) mass is 580 g/mol. The molecule has 16 nitrogen and oxygen atoms in total. The molecule has 0 unspecified atom stereocenters. The number of nitrogens with two attached hydrogens (primary N) is 1. The van der Waals surface area contributed by atoms with Crippen molar-refractivity contribution in [2.24, 2.45) is 5.73 Å². The maximum Gasteiger partial charge on any atom is 1.00 e. The summed E-state index contributed by atoms with van der Waals surface area (Å²) in [6.07, 6.45) is 0. The minimum atomic E-state index is -1.37. The van der Waals surface area contributed by atoms with Gasteiger partial charge >= 0.3 is 41.5 Å². The zero-order valence-electron chi connectivity index (χ0n) is 23.1. The number of ether oxygens (including phenoxy) is 2. The molecule has 216 valence electrons. The molecule has 0 aromatic carbocycles. The summed E-state index contributed by atoms with van der Waals surface area (Å²) in [5.41, 5.74) is 3.90. The summed E-state index contributed by atoms with van der Waals surface area (Å²) >= 11 is 0. The van der Waals surface area contributed by atoms with Gasteiger partial charge < -0.3 is 46.1 Å². The maximum absolute atomic E-state index is 11.3. The number of rotatable bonds is 6. The van der Waals surface area contributed by atoms with Crippen molar-refractivity contribution in [2.45, 2.75) is 47.6 Å². The van der Waals surface area contributed by atoms with E-state index in [4.69, 9.17) is 21.4 Å². The van der Waals surface area contributed by atoms with Gasteiger partial charge in [0.15, 0.2) is 5.69 Å². The summed E-state index contributed by atoms with van der Waals surface area (Å²) in [6.45, 7) is 8.97. The number of nitrogens with one attached hydrogen (secondary N) is 4. The number of carbonyl (C=O) groups is 4. The van der Waals surface area contributed by atoms with E-state index in [1.54, 1.807) is 13.8 Å². The molecule has 1 aromatic rings. The fourth-order valence-electron chi connectivity index (χ4n) is 1.73. The number of carbonyl (C=O) groups excluding carboxylic acids is 4. The molecular formula is C20H38ClN6NaO10. The number of aromatic hydroxyl groups is 1. The van der Waals surface area contributed by atoms with Crippen molar-refractivity contribution in [3.05, 3.63) is 16.2 Å². The SMILES string of the molecule is CC(=N)N.CC(=O)Nc1c(O)nc(C)[nH]c1=O.CCOC(=O)C(NC(C)=O)C(=O)OCC.CO.C[O-].Cl.[Na+]. The van der Waals surface area contributed by atoms with E-state index in [0.717, 1.165) is 14.2 Å². The molecule has 0 aliphatic rings. The maximum atomic E-state index is 11.3. The smallest absolute Gasteiger partial charge is 0.857 e. The number of aliphatic hydroxyl groups is 1. The summed E-state index contributed by atoms with van der Waals surface area (Å²) in [5, 5.41) is 35.0. The zero-order valence-corrected chi connectivity index (χ0v) is 25.9. The molecule has 0 bridgehead atoms. The van der Waals surface area contributed by atoms with Crippen LogP contribution in [0.5, 0.6) is 5.88 Å². The fourth-order valence-corrected chi connectivity index (χ4v) is 1.73. The molecule has 8 N–H and O–H groups in total. The third kappa shape index (κ3) is 27.8. The Morgan fingerprint density at radius 2 is 1.42 bits per heavy atom. The van der Waals surface area contributed by atoms with Crippen molar-refractivity contribution in [3.8, 4) is 5.88 Å². The van der Waals surface area contributed by atoms with Crippen LogP contribution in [0.4, 0.5) is 5.69 Å².